The molecule has 1 aliphatic rings. The van der Waals surface area contributed by atoms with Crippen LogP contribution in [0.25, 0.3) is 0 Å². The van der Waals surface area contributed by atoms with Crippen molar-refractivity contribution in [2.75, 3.05) is 7.11 Å². The van der Waals surface area contributed by atoms with E-state index >= 15 is 0 Å². The van der Waals surface area contributed by atoms with Crippen molar-refractivity contribution in [1.82, 2.24) is 20.6 Å². The molecular formula is C20H24N4O4. The number of aromatic nitrogens is 2. The van der Waals surface area contributed by atoms with E-state index in [0.29, 0.717) is 17.1 Å². The van der Waals surface area contributed by atoms with Gasteiger partial charge in [0, 0.05) is 18.4 Å². The number of hydrogen-bond donors (Lipinski definition) is 3. The van der Waals surface area contributed by atoms with Crippen LogP contribution in [0.2, 0.25) is 0 Å². The lowest BCUT2D eigenvalue weighted by Gasteiger charge is -2.11. The number of pyridine rings is 2. The molecule has 0 aliphatic heterocycles. The molecule has 28 heavy (non-hydrogen) atoms. The summed E-state index contributed by atoms with van der Waals surface area (Å²) in [7, 11) is 1.51. The summed E-state index contributed by atoms with van der Waals surface area (Å²) in [6, 6.07) is 5.42. The van der Waals surface area contributed by atoms with Gasteiger partial charge in [-0.25, -0.2) is 4.98 Å². The first-order valence-corrected chi connectivity index (χ1v) is 9.22. The number of aliphatic hydroxyl groups excluding tert-OH is 1. The smallest absolute Gasteiger partial charge is 0.257 e. The molecule has 0 radical (unpaired) electrons. The Kier molecular flexibility index (Phi) is 6.20. The molecule has 0 spiro atoms. The standard InChI is InChI=1S/C20H24N4O4/c1-12(25)18(26)22-10-13-6-7-21-15(8-13)11-23-19(27)16-9-14-4-3-5-17(14)24-20(16)28-2/h6-9,12,25H,3-5,10-11H2,1-2H3,(H,22,26)(H,23,27). The molecule has 3 rings (SSSR count). The van der Waals surface area contributed by atoms with Crippen molar-refractivity contribution in [3.05, 3.63) is 52.5 Å². The molecule has 1 unspecified atom stereocenters. The first kappa shape index (κ1) is 19.8. The van der Waals surface area contributed by atoms with E-state index in [1.807, 2.05) is 6.07 Å². The quantitative estimate of drug-likeness (QED) is 0.654. The number of aryl methyl sites for hydroxylation is 2. The number of methoxy groups -OCH3 is 1. The number of rotatable bonds is 7. The zero-order chi connectivity index (χ0) is 20.1. The van der Waals surface area contributed by atoms with Crippen LogP contribution in [0.1, 0.15) is 46.2 Å². The molecule has 8 heteroatoms. The minimum Gasteiger partial charge on any atom is -0.480 e. The molecule has 1 atom stereocenters. The molecule has 2 heterocycles. The maximum atomic E-state index is 12.6. The van der Waals surface area contributed by atoms with Gasteiger partial charge >= 0.3 is 0 Å². The summed E-state index contributed by atoms with van der Waals surface area (Å²) >= 11 is 0. The summed E-state index contributed by atoms with van der Waals surface area (Å²) in [5.41, 5.74) is 4.00. The van der Waals surface area contributed by atoms with Gasteiger partial charge in [-0.3, -0.25) is 14.6 Å². The van der Waals surface area contributed by atoms with Crippen molar-refractivity contribution in [3.8, 4) is 5.88 Å². The zero-order valence-corrected chi connectivity index (χ0v) is 16.0. The third kappa shape index (κ3) is 4.64. The monoisotopic (exact) mass is 384 g/mol. The lowest BCUT2D eigenvalue weighted by molar-refractivity contribution is -0.128. The SMILES string of the molecule is COc1nc2c(cc1C(=O)NCc1cc(CNC(=O)C(C)O)ccn1)CCC2. The summed E-state index contributed by atoms with van der Waals surface area (Å²) < 4.78 is 5.29. The number of aliphatic hydroxyl groups is 1. The Labute approximate surface area is 163 Å². The molecule has 0 saturated heterocycles. The highest BCUT2D eigenvalue weighted by Gasteiger charge is 2.21. The topological polar surface area (TPSA) is 113 Å². The van der Waals surface area contributed by atoms with Crippen LogP contribution in [0.3, 0.4) is 0 Å². The third-order valence-electron chi connectivity index (χ3n) is 4.61. The van der Waals surface area contributed by atoms with Crippen LogP contribution in [0.4, 0.5) is 0 Å². The maximum absolute atomic E-state index is 12.6. The van der Waals surface area contributed by atoms with Crippen molar-refractivity contribution >= 4 is 11.8 Å². The molecule has 8 nitrogen and oxygen atoms in total. The van der Waals surface area contributed by atoms with Crippen LogP contribution in [0.5, 0.6) is 5.88 Å². The molecule has 2 amide bonds. The predicted octanol–water partition coefficient (Wildman–Crippen LogP) is 0.901. The first-order valence-electron chi connectivity index (χ1n) is 9.22. The van der Waals surface area contributed by atoms with E-state index in [-0.39, 0.29) is 19.0 Å². The van der Waals surface area contributed by atoms with Crippen LogP contribution in [-0.2, 0) is 30.7 Å². The van der Waals surface area contributed by atoms with Gasteiger partial charge in [0.1, 0.15) is 11.7 Å². The van der Waals surface area contributed by atoms with Crippen LogP contribution >= 0.6 is 0 Å². The van der Waals surface area contributed by atoms with Crippen molar-refractivity contribution in [2.45, 2.75) is 45.4 Å². The number of nitrogens with zero attached hydrogens (tertiary/aromatic N) is 2. The van der Waals surface area contributed by atoms with Crippen LogP contribution in [0.15, 0.2) is 24.4 Å². The Morgan fingerprint density at radius 3 is 2.82 bits per heavy atom. The van der Waals surface area contributed by atoms with Gasteiger partial charge in [-0.05, 0) is 55.5 Å². The molecule has 0 bridgehead atoms. The molecular weight excluding hydrogens is 360 g/mol. The van der Waals surface area contributed by atoms with Gasteiger partial charge in [0.15, 0.2) is 0 Å². The van der Waals surface area contributed by atoms with Crippen LogP contribution in [-0.4, -0.2) is 40.1 Å². The van der Waals surface area contributed by atoms with Gasteiger partial charge in [-0.1, -0.05) is 0 Å². The van der Waals surface area contributed by atoms with E-state index in [1.165, 1.54) is 14.0 Å². The van der Waals surface area contributed by atoms with E-state index in [9.17, 15) is 14.7 Å². The second kappa shape index (κ2) is 8.79. The molecule has 0 fully saturated rings. The molecule has 2 aromatic heterocycles. The Hall–Kier alpha value is -3.00. The van der Waals surface area contributed by atoms with Gasteiger partial charge in [-0.2, -0.15) is 0 Å². The Morgan fingerprint density at radius 2 is 2.07 bits per heavy atom. The Balaban J connectivity index is 1.64. The molecule has 0 aromatic carbocycles. The maximum Gasteiger partial charge on any atom is 0.257 e. The molecule has 148 valence electrons. The van der Waals surface area contributed by atoms with Gasteiger partial charge in [0.2, 0.25) is 11.8 Å². The average Bonchev–Trinajstić information content (AvgIpc) is 3.16. The van der Waals surface area contributed by atoms with E-state index in [1.54, 1.807) is 18.3 Å². The summed E-state index contributed by atoms with van der Waals surface area (Å²) in [4.78, 5) is 32.8. The summed E-state index contributed by atoms with van der Waals surface area (Å²) in [6.07, 6.45) is 3.43. The number of fused-ring (bicyclic) bond motifs is 1. The van der Waals surface area contributed by atoms with Gasteiger partial charge in [-0.15, -0.1) is 0 Å². The first-order chi connectivity index (χ1) is 13.5. The van der Waals surface area contributed by atoms with Crippen LogP contribution in [0, 0.1) is 0 Å². The second-order valence-corrected chi connectivity index (χ2v) is 6.74. The van der Waals surface area contributed by atoms with Gasteiger partial charge < -0.3 is 20.5 Å². The number of ether oxygens (including phenoxy) is 1. The minimum absolute atomic E-state index is 0.233. The van der Waals surface area contributed by atoms with Crippen molar-refractivity contribution in [3.63, 3.8) is 0 Å². The van der Waals surface area contributed by atoms with Crippen molar-refractivity contribution < 1.29 is 19.4 Å². The van der Waals surface area contributed by atoms with E-state index < -0.39 is 12.0 Å². The molecule has 2 aromatic rings. The highest BCUT2D eigenvalue weighted by molar-refractivity contribution is 5.96. The lowest BCUT2D eigenvalue weighted by Crippen LogP contribution is -2.32. The molecule has 1 aliphatic carbocycles. The summed E-state index contributed by atoms with van der Waals surface area (Å²) in [5, 5.41) is 14.7. The lowest BCUT2D eigenvalue weighted by atomic mass is 10.1. The fourth-order valence-corrected chi connectivity index (χ4v) is 3.11. The number of amides is 2. The molecule has 0 saturated carbocycles. The largest absolute Gasteiger partial charge is 0.480 e. The van der Waals surface area contributed by atoms with Gasteiger partial charge in [0.05, 0.1) is 19.3 Å². The summed E-state index contributed by atoms with van der Waals surface area (Å²) in [6.45, 7) is 1.91. The van der Waals surface area contributed by atoms with E-state index in [2.05, 4.69) is 20.6 Å². The predicted molar refractivity (Wildman–Crippen MR) is 102 cm³/mol. The fourth-order valence-electron chi connectivity index (χ4n) is 3.11. The highest BCUT2D eigenvalue weighted by atomic mass is 16.5. The average molecular weight is 384 g/mol. The Bertz CT molecular complexity index is 883. The van der Waals surface area contributed by atoms with E-state index in [4.69, 9.17) is 4.74 Å². The number of nitrogens with one attached hydrogen (secondary N) is 2. The minimum atomic E-state index is -1.06. The highest BCUT2D eigenvalue weighted by Crippen LogP contribution is 2.26. The number of carbonyl (C=O) groups is 2. The fraction of sp³-hybridized carbons (Fsp3) is 0.400. The van der Waals surface area contributed by atoms with Gasteiger partial charge in [0.25, 0.3) is 5.91 Å². The molecule has 3 N–H and O–H groups in total. The van der Waals surface area contributed by atoms with E-state index in [0.717, 1.165) is 36.1 Å². The number of carbonyl (C=O) groups excluding carboxylic acids is 2. The zero-order valence-electron chi connectivity index (χ0n) is 16.0. The van der Waals surface area contributed by atoms with Crippen LogP contribution < -0.4 is 15.4 Å². The third-order valence-corrected chi connectivity index (χ3v) is 4.61. The van der Waals surface area contributed by atoms with Crippen molar-refractivity contribution in [2.24, 2.45) is 0 Å². The Morgan fingerprint density at radius 1 is 1.25 bits per heavy atom. The normalized spacial score (nSPS) is 13.5. The summed E-state index contributed by atoms with van der Waals surface area (Å²) in [5.74, 6) is -0.378. The van der Waals surface area contributed by atoms with Crippen molar-refractivity contribution in [1.29, 1.82) is 0 Å². The second-order valence-electron chi connectivity index (χ2n) is 6.74. The number of hydrogen-bond acceptors (Lipinski definition) is 6.